The van der Waals surface area contributed by atoms with Crippen molar-refractivity contribution in [1.29, 1.82) is 0 Å². The van der Waals surface area contributed by atoms with E-state index in [-0.39, 0.29) is 0 Å². The van der Waals surface area contributed by atoms with Crippen LogP contribution in [-0.2, 0) is 7.05 Å². The second-order valence-electron chi connectivity index (χ2n) is 4.63. The zero-order valence-electron chi connectivity index (χ0n) is 11.8. The second kappa shape index (κ2) is 5.22. The molecule has 20 heavy (non-hydrogen) atoms. The summed E-state index contributed by atoms with van der Waals surface area (Å²) in [6.07, 6.45) is 4.93. The predicted molar refractivity (Wildman–Crippen MR) is 80.2 cm³/mol. The number of aromatic nitrogens is 3. The number of aryl methyl sites for hydroxylation is 2. The highest BCUT2D eigenvalue weighted by atomic mass is 15.4. The summed E-state index contributed by atoms with van der Waals surface area (Å²) in [5.74, 6) is 6.01. The van der Waals surface area contributed by atoms with Gasteiger partial charge in [0.2, 0.25) is 0 Å². The van der Waals surface area contributed by atoms with Crippen LogP contribution in [0.1, 0.15) is 17.0 Å². The number of pyridine rings is 1. The predicted octanol–water partition coefficient (Wildman–Crippen LogP) is 0.652. The third-order valence-electron chi connectivity index (χ3n) is 3.18. The molecular weight excluding hydrogens is 254 g/mol. The Morgan fingerprint density at radius 1 is 1.35 bits per heavy atom. The van der Waals surface area contributed by atoms with Gasteiger partial charge in [-0.3, -0.25) is 14.7 Å². The third kappa shape index (κ3) is 2.57. The summed E-state index contributed by atoms with van der Waals surface area (Å²) in [5, 5.41) is 5.57. The van der Waals surface area contributed by atoms with Crippen molar-refractivity contribution >= 4 is 17.1 Å². The minimum Gasteiger partial charge on any atom is -0.397 e. The summed E-state index contributed by atoms with van der Waals surface area (Å²) in [7, 11) is 1.86. The van der Waals surface area contributed by atoms with Gasteiger partial charge in [-0.2, -0.15) is 5.10 Å². The summed E-state index contributed by atoms with van der Waals surface area (Å²) in [5.41, 5.74) is 16.2. The largest absolute Gasteiger partial charge is 0.397 e. The molecule has 7 heteroatoms. The molecule has 2 aromatic rings. The normalized spacial score (nSPS) is 11.7. The Kier molecular flexibility index (Phi) is 3.62. The summed E-state index contributed by atoms with van der Waals surface area (Å²) >= 11 is 0. The maximum atomic E-state index is 6.07. The Morgan fingerprint density at radius 2 is 2.05 bits per heavy atom. The molecule has 0 spiro atoms. The molecule has 0 fully saturated rings. The Labute approximate surface area is 117 Å². The first-order chi connectivity index (χ1) is 9.40. The highest BCUT2D eigenvalue weighted by molar-refractivity contribution is 5.68. The third-order valence-corrected chi connectivity index (χ3v) is 3.18. The molecule has 0 aliphatic carbocycles. The van der Waals surface area contributed by atoms with Crippen molar-refractivity contribution in [3.63, 3.8) is 0 Å². The summed E-state index contributed by atoms with van der Waals surface area (Å²) in [4.78, 5) is 4.17. The summed E-state index contributed by atoms with van der Waals surface area (Å²) < 4.78 is 1.75. The van der Waals surface area contributed by atoms with Gasteiger partial charge in [0, 0.05) is 24.5 Å². The Morgan fingerprint density at radius 3 is 2.65 bits per heavy atom. The van der Waals surface area contributed by atoms with Crippen LogP contribution in [-0.4, -0.2) is 14.8 Å². The minimum atomic E-state index is 0.528. The van der Waals surface area contributed by atoms with Gasteiger partial charge >= 0.3 is 0 Å². The van der Waals surface area contributed by atoms with Gasteiger partial charge in [0.1, 0.15) is 0 Å². The lowest BCUT2D eigenvalue weighted by atomic mass is 10.2. The molecule has 0 saturated heterocycles. The van der Waals surface area contributed by atoms with E-state index in [1.807, 2.05) is 20.9 Å². The van der Waals surface area contributed by atoms with Crippen LogP contribution in [0.4, 0.5) is 11.4 Å². The maximum absolute atomic E-state index is 6.07. The molecule has 0 aromatic carbocycles. The SMILES string of the molecule is Cc1ncc(N)cc1N(N)/C=C(\N)c1cnn(C)c1C. The second-order valence-corrected chi connectivity index (χ2v) is 4.63. The molecule has 2 aromatic heterocycles. The van der Waals surface area contributed by atoms with E-state index in [2.05, 4.69) is 10.1 Å². The molecule has 0 aliphatic heterocycles. The molecule has 0 radical (unpaired) electrons. The van der Waals surface area contributed by atoms with Crippen LogP contribution in [0.15, 0.2) is 24.7 Å². The van der Waals surface area contributed by atoms with Crippen molar-refractivity contribution in [3.05, 3.63) is 41.6 Å². The van der Waals surface area contributed by atoms with Crippen LogP contribution in [0, 0.1) is 13.8 Å². The van der Waals surface area contributed by atoms with E-state index in [9.17, 15) is 0 Å². The van der Waals surface area contributed by atoms with Crippen molar-refractivity contribution < 1.29 is 0 Å². The van der Waals surface area contributed by atoms with E-state index in [1.165, 1.54) is 5.01 Å². The van der Waals surface area contributed by atoms with Gasteiger partial charge in [0.15, 0.2) is 0 Å². The molecule has 7 nitrogen and oxygen atoms in total. The van der Waals surface area contributed by atoms with Crippen LogP contribution in [0.3, 0.4) is 0 Å². The van der Waals surface area contributed by atoms with Crippen LogP contribution in [0.2, 0.25) is 0 Å². The average Bonchev–Trinajstić information content (AvgIpc) is 2.73. The van der Waals surface area contributed by atoms with Crippen molar-refractivity contribution in [2.75, 3.05) is 10.7 Å². The lowest BCUT2D eigenvalue weighted by Gasteiger charge is -2.17. The van der Waals surface area contributed by atoms with Crippen molar-refractivity contribution in [3.8, 4) is 0 Å². The quantitative estimate of drug-likeness (QED) is 0.559. The number of rotatable bonds is 3. The molecule has 0 saturated carbocycles. The Bertz CT molecular complexity index is 657. The minimum absolute atomic E-state index is 0.528. The Balaban J connectivity index is 2.34. The number of hydrogen-bond donors (Lipinski definition) is 3. The van der Waals surface area contributed by atoms with Crippen LogP contribution in [0.5, 0.6) is 0 Å². The lowest BCUT2D eigenvalue weighted by molar-refractivity contribution is 0.739. The standard InChI is InChI=1S/C13H19N7/c1-8-13(4-10(14)5-17-8)20(16)7-12(15)11-6-18-19(3)9(11)2/h4-7H,14-16H2,1-3H3/b12-7-. The fourth-order valence-electron chi connectivity index (χ4n) is 1.87. The van der Waals surface area contributed by atoms with Gasteiger partial charge < -0.3 is 11.5 Å². The van der Waals surface area contributed by atoms with Crippen molar-refractivity contribution in [2.24, 2.45) is 18.6 Å². The molecule has 2 rings (SSSR count). The van der Waals surface area contributed by atoms with Crippen molar-refractivity contribution in [1.82, 2.24) is 14.8 Å². The molecule has 6 N–H and O–H groups in total. The van der Waals surface area contributed by atoms with Gasteiger partial charge in [0.25, 0.3) is 0 Å². The number of nitrogens with zero attached hydrogens (tertiary/aromatic N) is 4. The summed E-state index contributed by atoms with van der Waals surface area (Å²) in [6.45, 7) is 3.80. The first kappa shape index (κ1) is 13.9. The molecule has 0 atom stereocenters. The smallest absolute Gasteiger partial charge is 0.0802 e. The molecule has 0 unspecified atom stereocenters. The number of nitrogens with two attached hydrogens (primary N) is 3. The maximum Gasteiger partial charge on any atom is 0.0802 e. The highest BCUT2D eigenvalue weighted by Crippen LogP contribution is 2.20. The van der Waals surface area contributed by atoms with E-state index < -0.39 is 0 Å². The van der Waals surface area contributed by atoms with E-state index in [0.29, 0.717) is 17.1 Å². The highest BCUT2D eigenvalue weighted by Gasteiger charge is 2.10. The molecule has 106 valence electrons. The van der Waals surface area contributed by atoms with Gasteiger partial charge in [-0.1, -0.05) is 0 Å². The van der Waals surface area contributed by atoms with Crippen LogP contribution in [0.25, 0.3) is 5.70 Å². The zero-order chi connectivity index (χ0) is 14.9. The average molecular weight is 273 g/mol. The van der Waals surface area contributed by atoms with E-state index in [1.54, 1.807) is 29.3 Å². The van der Waals surface area contributed by atoms with Crippen LogP contribution < -0.4 is 22.3 Å². The molecule has 0 amide bonds. The van der Waals surface area contributed by atoms with E-state index >= 15 is 0 Å². The first-order valence-electron chi connectivity index (χ1n) is 6.12. The van der Waals surface area contributed by atoms with Gasteiger partial charge in [-0.15, -0.1) is 0 Å². The Hall–Kier alpha value is -2.54. The van der Waals surface area contributed by atoms with Gasteiger partial charge in [-0.25, -0.2) is 5.84 Å². The molecule has 0 aliphatic rings. The molecule has 0 bridgehead atoms. The number of hydrogen-bond acceptors (Lipinski definition) is 6. The van der Waals surface area contributed by atoms with Crippen LogP contribution >= 0.6 is 0 Å². The number of anilines is 2. The number of hydrazine groups is 1. The van der Waals surface area contributed by atoms with E-state index in [4.69, 9.17) is 17.3 Å². The fourth-order valence-corrected chi connectivity index (χ4v) is 1.87. The molecular formula is C13H19N7. The fraction of sp³-hybridized carbons (Fsp3) is 0.231. The topological polar surface area (TPSA) is 112 Å². The van der Waals surface area contributed by atoms with Gasteiger partial charge in [0.05, 0.1) is 35.2 Å². The molecule has 2 heterocycles. The van der Waals surface area contributed by atoms with Gasteiger partial charge in [-0.05, 0) is 19.9 Å². The van der Waals surface area contributed by atoms with E-state index in [0.717, 1.165) is 17.0 Å². The van der Waals surface area contributed by atoms with Crippen molar-refractivity contribution in [2.45, 2.75) is 13.8 Å². The lowest BCUT2D eigenvalue weighted by Crippen LogP contribution is -2.27. The monoisotopic (exact) mass is 273 g/mol. The summed E-state index contributed by atoms with van der Waals surface area (Å²) in [6, 6.07) is 1.75. The number of nitrogen functional groups attached to an aromatic ring is 1. The first-order valence-corrected chi connectivity index (χ1v) is 6.12. The zero-order valence-corrected chi connectivity index (χ0v) is 11.8.